The number of benzene rings is 1. The zero-order valence-corrected chi connectivity index (χ0v) is 9.73. The van der Waals surface area contributed by atoms with E-state index < -0.39 is 0 Å². The number of likely N-dealkylation sites (tertiary alicyclic amines) is 1. The van der Waals surface area contributed by atoms with Crippen LogP contribution in [-0.2, 0) is 11.2 Å². The van der Waals surface area contributed by atoms with Crippen molar-refractivity contribution in [2.45, 2.75) is 12.8 Å². The molecule has 0 unspecified atom stereocenters. The molecule has 0 aromatic heterocycles. The highest BCUT2D eigenvalue weighted by Gasteiger charge is 2.25. The molecule has 1 fully saturated rings. The Morgan fingerprint density at radius 2 is 2.12 bits per heavy atom. The van der Waals surface area contributed by atoms with Crippen molar-refractivity contribution in [3.05, 3.63) is 35.6 Å². The highest BCUT2D eigenvalue weighted by Crippen LogP contribution is 2.20. The van der Waals surface area contributed by atoms with E-state index in [4.69, 9.17) is 5.73 Å². The topological polar surface area (TPSA) is 46.3 Å². The lowest BCUT2D eigenvalue weighted by Gasteiger charge is -2.15. The highest BCUT2D eigenvalue weighted by molar-refractivity contribution is 5.78. The van der Waals surface area contributed by atoms with Crippen LogP contribution in [0.25, 0.3) is 0 Å². The highest BCUT2D eigenvalue weighted by atomic mass is 19.1. The number of halogens is 1. The lowest BCUT2D eigenvalue weighted by atomic mass is 9.99. The van der Waals surface area contributed by atoms with Crippen LogP contribution in [0.5, 0.6) is 0 Å². The third kappa shape index (κ3) is 3.03. The number of nitrogens with zero attached hydrogens (tertiary/aromatic N) is 1. The second kappa shape index (κ2) is 5.27. The molecule has 1 heterocycles. The monoisotopic (exact) mass is 236 g/mol. The molecule has 4 heteroatoms. The van der Waals surface area contributed by atoms with E-state index in [1.807, 2.05) is 17.0 Å². The molecule has 17 heavy (non-hydrogen) atoms. The maximum atomic E-state index is 12.7. The van der Waals surface area contributed by atoms with Gasteiger partial charge in [0.25, 0.3) is 0 Å². The van der Waals surface area contributed by atoms with Gasteiger partial charge < -0.3 is 10.6 Å². The predicted molar refractivity (Wildman–Crippen MR) is 63.8 cm³/mol. The molecule has 2 rings (SSSR count). The molecule has 92 valence electrons. The number of carbonyl (C=O) groups excluding carboxylic acids is 1. The molecule has 1 aromatic carbocycles. The predicted octanol–water partition coefficient (Wildman–Crippen LogP) is 1.18. The Morgan fingerprint density at radius 3 is 2.76 bits per heavy atom. The molecule has 0 saturated carbocycles. The Bertz CT molecular complexity index is 391. The van der Waals surface area contributed by atoms with Crippen LogP contribution in [0.2, 0.25) is 0 Å². The van der Waals surface area contributed by atoms with Crippen molar-refractivity contribution in [1.29, 1.82) is 0 Å². The fourth-order valence-corrected chi connectivity index (χ4v) is 2.31. The first kappa shape index (κ1) is 12.0. The van der Waals surface area contributed by atoms with Gasteiger partial charge in [-0.15, -0.1) is 0 Å². The summed E-state index contributed by atoms with van der Waals surface area (Å²) in [6, 6.07) is 6.58. The summed E-state index contributed by atoms with van der Waals surface area (Å²) in [6.45, 7) is 1.65. The second-order valence-corrected chi connectivity index (χ2v) is 4.53. The minimum atomic E-state index is -0.208. The molecule has 0 bridgehead atoms. The minimum absolute atomic E-state index is 0.0200. The molecule has 1 atom stereocenters. The molecule has 1 amide bonds. The van der Waals surface area contributed by atoms with Crippen LogP contribution in [0.4, 0.5) is 4.39 Å². The standard InChI is InChI=1S/C13H17FN2O/c14-12-3-1-10(2-4-12)7-11-5-6-16(9-11)13(17)8-15/h1-4,11H,5-9,15H2/t11-/m1/s1. The van der Waals surface area contributed by atoms with E-state index in [1.165, 1.54) is 12.1 Å². The van der Waals surface area contributed by atoms with E-state index in [1.54, 1.807) is 0 Å². The van der Waals surface area contributed by atoms with Crippen LogP contribution in [-0.4, -0.2) is 30.4 Å². The summed E-state index contributed by atoms with van der Waals surface area (Å²) in [4.78, 5) is 13.2. The van der Waals surface area contributed by atoms with Crippen LogP contribution >= 0.6 is 0 Å². The number of hydrogen-bond donors (Lipinski definition) is 1. The van der Waals surface area contributed by atoms with Gasteiger partial charge in [-0.2, -0.15) is 0 Å². The Hall–Kier alpha value is -1.42. The van der Waals surface area contributed by atoms with E-state index in [-0.39, 0.29) is 18.3 Å². The van der Waals surface area contributed by atoms with E-state index in [9.17, 15) is 9.18 Å². The average Bonchev–Trinajstić information content (AvgIpc) is 2.80. The zero-order valence-electron chi connectivity index (χ0n) is 9.73. The van der Waals surface area contributed by atoms with Crippen molar-refractivity contribution in [3.63, 3.8) is 0 Å². The van der Waals surface area contributed by atoms with Gasteiger partial charge in [0.2, 0.25) is 5.91 Å². The summed E-state index contributed by atoms with van der Waals surface area (Å²) in [5.74, 6) is 0.280. The van der Waals surface area contributed by atoms with Crippen LogP contribution in [0.1, 0.15) is 12.0 Å². The molecule has 3 nitrogen and oxygen atoms in total. The van der Waals surface area contributed by atoms with Crippen molar-refractivity contribution in [2.75, 3.05) is 19.6 Å². The largest absolute Gasteiger partial charge is 0.341 e. The van der Waals surface area contributed by atoms with Crippen LogP contribution in [0.3, 0.4) is 0 Å². The van der Waals surface area contributed by atoms with Gasteiger partial charge in [0, 0.05) is 13.1 Å². The lowest BCUT2D eigenvalue weighted by molar-refractivity contribution is -0.128. The summed E-state index contributed by atoms with van der Waals surface area (Å²) in [7, 11) is 0. The number of hydrogen-bond acceptors (Lipinski definition) is 2. The zero-order chi connectivity index (χ0) is 12.3. The van der Waals surface area contributed by atoms with Crippen molar-refractivity contribution >= 4 is 5.91 Å². The Balaban J connectivity index is 1.89. The van der Waals surface area contributed by atoms with Gasteiger partial charge >= 0.3 is 0 Å². The maximum absolute atomic E-state index is 12.7. The molecule has 1 aliphatic heterocycles. The van der Waals surface area contributed by atoms with Gasteiger partial charge in [0.15, 0.2) is 0 Å². The Morgan fingerprint density at radius 1 is 1.41 bits per heavy atom. The third-order valence-corrected chi connectivity index (χ3v) is 3.25. The van der Waals surface area contributed by atoms with Gasteiger partial charge in [-0.05, 0) is 36.5 Å². The van der Waals surface area contributed by atoms with E-state index >= 15 is 0 Å². The fraction of sp³-hybridized carbons (Fsp3) is 0.462. The molecular formula is C13H17FN2O. The van der Waals surface area contributed by atoms with Gasteiger partial charge in [-0.25, -0.2) is 4.39 Å². The van der Waals surface area contributed by atoms with Gasteiger partial charge in [-0.3, -0.25) is 4.79 Å². The number of nitrogens with two attached hydrogens (primary N) is 1. The summed E-state index contributed by atoms with van der Waals surface area (Å²) < 4.78 is 12.7. The molecular weight excluding hydrogens is 219 g/mol. The minimum Gasteiger partial charge on any atom is -0.341 e. The summed E-state index contributed by atoms with van der Waals surface area (Å²) in [6.07, 6.45) is 1.90. The fourth-order valence-electron chi connectivity index (χ4n) is 2.31. The maximum Gasteiger partial charge on any atom is 0.236 e. The third-order valence-electron chi connectivity index (χ3n) is 3.25. The number of rotatable bonds is 3. The van der Waals surface area contributed by atoms with E-state index in [2.05, 4.69) is 0 Å². The van der Waals surface area contributed by atoms with Crippen molar-refractivity contribution in [2.24, 2.45) is 11.7 Å². The van der Waals surface area contributed by atoms with Crippen LogP contribution in [0, 0.1) is 11.7 Å². The summed E-state index contributed by atoms with van der Waals surface area (Å²) in [5.41, 5.74) is 6.46. The molecule has 0 spiro atoms. The van der Waals surface area contributed by atoms with Gasteiger partial charge in [0.05, 0.1) is 6.54 Å². The van der Waals surface area contributed by atoms with Gasteiger partial charge in [-0.1, -0.05) is 12.1 Å². The quantitative estimate of drug-likeness (QED) is 0.856. The first-order chi connectivity index (χ1) is 8.19. The summed E-state index contributed by atoms with van der Waals surface area (Å²) in [5, 5.41) is 0. The van der Waals surface area contributed by atoms with Crippen molar-refractivity contribution in [1.82, 2.24) is 4.90 Å². The Kier molecular flexibility index (Phi) is 3.74. The first-order valence-electron chi connectivity index (χ1n) is 5.91. The summed E-state index contributed by atoms with van der Waals surface area (Å²) >= 11 is 0. The SMILES string of the molecule is NCC(=O)N1CC[C@H](Cc2ccc(F)cc2)C1. The second-order valence-electron chi connectivity index (χ2n) is 4.53. The molecule has 1 aliphatic rings. The lowest BCUT2D eigenvalue weighted by Crippen LogP contribution is -2.34. The van der Waals surface area contributed by atoms with E-state index in [0.717, 1.165) is 31.5 Å². The smallest absolute Gasteiger partial charge is 0.236 e. The average molecular weight is 236 g/mol. The van der Waals surface area contributed by atoms with Crippen molar-refractivity contribution < 1.29 is 9.18 Å². The van der Waals surface area contributed by atoms with Crippen LogP contribution < -0.4 is 5.73 Å². The van der Waals surface area contributed by atoms with E-state index in [0.29, 0.717) is 5.92 Å². The molecule has 1 saturated heterocycles. The number of amides is 1. The molecule has 1 aromatic rings. The van der Waals surface area contributed by atoms with Gasteiger partial charge in [0.1, 0.15) is 5.82 Å². The first-order valence-corrected chi connectivity index (χ1v) is 5.91. The Labute approximate surface area is 100 Å². The van der Waals surface area contributed by atoms with Crippen molar-refractivity contribution in [3.8, 4) is 0 Å². The van der Waals surface area contributed by atoms with Crippen LogP contribution in [0.15, 0.2) is 24.3 Å². The molecule has 0 aliphatic carbocycles. The molecule has 0 radical (unpaired) electrons. The number of carbonyl (C=O) groups is 1. The molecule has 2 N–H and O–H groups in total. The normalized spacial score (nSPS) is 19.6.